The summed E-state index contributed by atoms with van der Waals surface area (Å²) in [5, 5.41) is 0.849. The molecule has 0 saturated carbocycles. The van der Waals surface area contributed by atoms with Crippen molar-refractivity contribution < 1.29 is 14.2 Å². The molecule has 3 aromatic rings. The van der Waals surface area contributed by atoms with E-state index in [2.05, 4.69) is 6.07 Å². The van der Waals surface area contributed by atoms with Crippen molar-refractivity contribution in [3.63, 3.8) is 0 Å². The summed E-state index contributed by atoms with van der Waals surface area (Å²) in [6.45, 7) is 0. The zero-order chi connectivity index (χ0) is 15.5. The molecule has 0 saturated heterocycles. The molecule has 0 aliphatic heterocycles. The van der Waals surface area contributed by atoms with Crippen LogP contribution in [0, 0.1) is 6.07 Å². The minimum atomic E-state index is 0.620. The number of rotatable bonds is 4. The number of methoxy groups -OCH3 is 3. The minimum Gasteiger partial charge on any atom is -0.494 e. The van der Waals surface area contributed by atoms with E-state index in [0.29, 0.717) is 17.2 Å². The van der Waals surface area contributed by atoms with Gasteiger partial charge in [-0.25, -0.2) is 4.98 Å². The average Bonchev–Trinajstić information content (AvgIpc) is 2.60. The van der Waals surface area contributed by atoms with Gasteiger partial charge in [0, 0.05) is 17.0 Å². The van der Waals surface area contributed by atoms with Gasteiger partial charge in [-0.1, -0.05) is 18.2 Å². The maximum Gasteiger partial charge on any atom is 0.170 e. The normalized spacial score (nSPS) is 10.5. The van der Waals surface area contributed by atoms with E-state index in [1.54, 1.807) is 27.4 Å². The Bertz CT molecular complexity index is 800. The van der Waals surface area contributed by atoms with Gasteiger partial charge in [0.2, 0.25) is 0 Å². The molecule has 1 aromatic heterocycles. The monoisotopic (exact) mass is 294 g/mol. The summed E-state index contributed by atoms with van der Waals surface area (Å²) in [7, 11) is 4.83. The Hall–Kier alpha value is -2.75. The first-order valence-corrected chi connectivity index (χ1v) is 6.84. The van der Waals surface area contributed by atoms with E-state index in [4.69, 9.17) is 19.2 Å². The van der Waals surface area contributed by atoms with Crippen molar-refractivity contribution in [1.29, 1.82) is 0 Å². The summed E-state index contributed by atoms with van der Waals surface area (Å²) in [5.74, 6) is 1.92. The van der Waals surface area contributed by atoms with Crippen LogP contribution in [-0.4, -0.2) is 26.3 Å². The highest BCUT2D eigenvalue weighted by atomic mass is 16.5. The van der Waals surface area contributed by atoms with Gasteiger partial charge in [0.05, 0.1) is 27.0 Å². The number of nitrogens with zero attached hydrogens (tertiary/aromatic N) is 1. The van der Waals surface area contributed by atoms with Crippen LogP contribution in [0.5, 0.6) is 17.2 Å². The molecular formula is C18H16NO3. The highest BCUT2D eigenvalue weighted by Gasteiger charge is 2.16. The summed E-state index contributed by atoms with van der Waals surface area (Å²) < 4.78 is 16.3. The molecule has 0 aliphatic carbocycles. The summed E-state index contributed by atoms with van der Waals surface area (Å²) in [6.07, 6.45) is 0. The molecule has 0 amide bonds. The molecule has 4 nitrogen and oxygen atoms in total. The van der Waals surface area contributed by atoms with E-state index < -0.39 is 0 Å². The number of pyridine rings is 1. The van der Waals surface area contributed by atoms with Crippen LogP contribution >= 0.6 is 0 Å². The fourth-order valence-electron chi connectivity index (χ4n) is 2.45. The molecular weight excluding hydrogens is 278 g/mol. The van der Waals surface area contributed by atoms with Crippen molar-refractivity contribution in [2.24, 2.45) is 0 Å². The zero-order valence-corrected chi connectivity index (χ0v) is 12.7. The van der Waals surface area contributed by atoms with E-state index in [9.17, 15) is 0 Å². The van der Waals surface area contributed by atoms with Gasteiger partial charge in [-0.3, -0.25) is 0 Å². The molecule has 4 heteroatoms. The van der Waals surface area contributed by atoms with E-state index >= 15 is 0 Å². The molecule has 2 aromatic carbocycles. The second kappa shape index (κ2) is 5.93. The summed E-state index contributed by atoms with van der Waals surface area (Å²) in [5.41, 5.74) is 2.60. The van der Waals surface area contributed by atoms with Crippen molar-refractivity contribution in [2.45, 2.75) is 0 Å². The van der Waals surface area contributed by atoms with E-state index in [1.807, 2.05) is 36.4 Å². The van der Waals surface area contributed by atoms with Gasteiger partial charge in [0.25, 0.3) is 0 Å². The van der Waals surface area contributed by atoms with Crippen LogP contribution in [0.25, 0.3) is 22.2 Å². The lowest BCUT2D eigenvalue weighted by atomic mass is 10.1. The summed E-state index contributed by atoms with van der Waals surface area (Å²) >= 11 is 0. The molecule has 0 unspecified atom stereocenters. The second-order valence-corrected chi connectivity index (χ2v) is 4.70. The Kier molecular flexibility index (Phi) is 3.83. The van der Waals surface area contributed by atoms with Crippen molar-refractivity contribution in [2.75, 3.05) is 21.3 Å². The lowest BCUT2D eigenvalue weighted by Crippen LogP contribution is -1.96. The van der Waals surface area contributed by atoms with E-state index in [1.165, 1.54) is 0 Å². The first-order valence-electron chi connectivity index (χ1n) is 6.84. The number of ether oxygens (including phenoxy) is 3. The van der Waals surface area contributed by atoms with Crippen LogP contribution in [0.1, 0.15) is 0 Å². The standard InChI is InChI=1S/C18H16NO3/c1-20-15-11-16(21-2)18(22-3)13-9-10-14(19-17(13)15)12-7-5-4-6-8-12/h4-5,7-11H,1-3H3. The Morgan fingerprint density at radius 2 is 1.77 bits per heavy atom. The van der Waals surface area contributed by atoms with Crippen molar-refractivity contribution in [1.82, 2.24) is 4.98 Å². The van der Waals surface area contributed by atoms with Crippen LogP contribution in [-0.2, 0) is 0 Å². The van der Waals surface area contributed by atoms with Gasteiger partial charge >= 0.3 is 0 Å². The molecule has 0 aliphatic rings. The fourth-order valence-corrected chi connectivity index (χ4v) is 2.45. The lowest BCUT2D eigenvalue weighted by molar-refractivity contribution is 0.353. The average molecular weight is 294 g/mol. The maximum atomic E-state index is 5.47. The van der Waals surface area contributed by atoms with Crippen molar-refractivity contribution >= 4 is 10.9 Å². The smallest absolute Gasteiger partial charge is 0.170 e. The molecule has 0 N–H and O–H groups in total. The molecule has 3 rings (SSSR count). The predicted molar refractivity (Wildman–Crippen MR) is 85.7 cm³/mol. The second-order valence-electron chi connectivity index (χ2n) is 4.70. The van der Waals surface area contributed by atoms with Crippen molar-refractivity contribution in [3.8, 4) is 28.5 Å². The Morgan fingerprint density at radius 1 is 0.955 bits per heavy atom. The summed E-state index contributed by atoms with van der Waals surface area (Å²) in [6, 6.07) is 16.5. The molecule has 22 heavy (non-hydrogen) atoms. The molecule has 1 heterocycles. The van der Waals surface area contributed by atoms with Gasteiger partial charge in [-0.15, -0.1) is 0 Å². The number of aromatic nitrogens is 1. The van der Waals surface area contributed by atoms with Crippen LogP contribution in [0.15, 0.2) is 42.5 Å². The first-order chi connectivity index (χ1) is 10.8. The van der Waals surface area contributed by atoms with Gasteiger partial charge in [-0.05, 0) is 24.3 Å². The third-order valence-electron chi connectivity index (χ3n) is 3.51. The minimum absolute atomic E-state index is 0.620. The fraction of sp³-hybridized carbons (Fsp3) is 0.167. The molecule has 0 bridgehead atoms. The topological polar surface area (TPSA) is 40.6 Å². The Labute approximate surface area is 129 Å². The molecule has 111 valence electrons. The molecule has 0 spiro atoms. The predicted octanol–water partition coefficient (Wildman–Crippen LogP) is 3.73. The van der Waals surface area contributed by atoms with Crippen LogP contribution in [0.2, 0.25) is 0 Å². The van der Waals surface area contributed by atoms with Crippen molar-refractivity contribution in [3.05, 3.63) is 48.5 Å². The van der Waals surface area contributed by atoms with Gasteiger partial charge in [-0.2, -0.15) is 0 Å². The third kappa shape index (κ3) is 2.33. The van der Waals surface area contributed by atoms with Crippen LogP contribution < -0.4 is 14.2 Å². The van der Waals surface area contributed by atoms with Crippen LogP contribution in [0.4, 0.5) is 0 Å². The molecule has 0 fully saturated rings. The third-order valence-corrected chi connectivity index (χ3v) is 3.51. The SMILES string of the molecule is COc1cc(OC)c2nc(-c3c[c]ccc3)ccc2c1OC. The highest BCUT2D eigenvalue weighted by Crippen LogP contribution is 2.41. The highest BCUT2D eigenvalue weighted by molar-refractivity contribution is 5.94. The number of hydrogen-bond acceptors (Lipinski definition) is 4. The molecule has 0 atom stereocenters. The van der Waals surface area contributed by atoms with E-state index in [0.717, 1.165) is 22.2 Å². The maximum absolute atomic E-state index is 5.47. The zero-order valence-electron chi connectivity index (χ0n) is 12.7. The molecule has 1 radical (unpaired) electrons. The Morgan fingerprint density at radius 3 is 2.41 bits per heavy atom. The van der Waals surface area contributed by atoms with Crippen LogP contribution in [0.3, 0.4) is 0 Å². The van der Waals surface area contributed by atoms with Gasteiger partial charge in [0.1, 0.15) is 11.3 Å². The van der Waals surface area contributed by atoms with Gasteiger partial charge in [0.15, 0.2) is 11.5 Å². The Balaban J connectivity index is 2.28. The number of hydrogen-bond donors (Lipinski definition) is 0. The van der Waals surface area contributed by atoms with Gasteiger partial charge < -0.3 is 14.2 Å². The first kappa shape index (κ1) is 14.2. The van der Waals surface area contributed by atoms with E-state index in [-0.39, 0.29) is 0 Å². The quantitative estimate of drug-likeness (QED) is 0.735. The summed E-state index contributed by atoms with van der Waals surface area (Å²) in [4.78, 5) is 4.72. The number of benzene rings is 2. The number of fused-ring (bicyclic) bond motifs is 1. The lowest BCUT2D eigenvalue weighted by Gasteiger charge is -2.14. The largest absolute Gasteiger partial charge is 0.494 e.